The van der Waals surface area contributed by atoms with Gasteiger partial charge in [-0.05, 0) is 0 Å². The van der Waals surface area contributed by atoms with Crippen LogP contribution in [0.5, 0.6) is 0 Å². The maximum absolute atomic E-state index is 9.24. The molecule has 0 radical (unpaired) electrons. The Balaban J connectivity index is 2.85. The molecule has 0 aliphatic rings. The Hall–Kier alpha value is -0.211. The number of rotatable bonds is 0. The van der Waals surface area contributed by atoms with E-state index in [0.717, 1.165) is 0 Å². The third kappa shape index (κ3) is 3.79. The Labute approximate surface area is 37.4 Å². The van der Waals surface area contributed by atoms with Gasteiger partial charge in [0, 0.05) is 0 Å². The molecule has 0 fully saturated rings. The molecule has 0 bridgehead atoms. The summed E-state index contributed by atoms with van der Waals surface area (Å²) in [5, 5.41) is 7.60. The van der Waals surface area contributed by atoms with Gasteiger partial charge in [0.25, 0.3) is 0 Å². The Kier molecular flexibility index (Phi) is 1.97. The molecule has 0 aliphatic carbocycles. The first kappa shape index (κ1) is 4.79. The SMILES string of the molecule is O=C(O)N[SeH]. The summed E-state index contributed by atoms with van der Waals surface area (Å²) in [5.41, 5.74) is 0. The van der Waals surface area contributed by atoms with Gasteiger partial charge in [0.1, 0.15) is 0 Å². The van der Waals surface area contributed by atoms with Crippen LogP contribution in [0.15, 0.2) is 0 Å². The fourth-order valence-electron chi connectivity index (χ4n) is 0. The zero-order valence-corrected chi connectivity index (χ0v) is 4.18. The molecule has 0 aromatic carbocycles. The van der Waals surface area contributed by atoms with Gasteiger partial charge in [0.15, 0.2) is 0 Å². The van der Waals surface area contributed by atoms with Gasteiger partial charge in [-0.3, -0.25) is 0 Å². The van der Waals surface area contributed by atoms with Crippen molar-refractivity contribution in [3.63, 3.8) is 0 Å². The molecule has 0 aromatic heterocycles. The predicted molar refractivity (Wildman–Crippen MR) is 18.3 cm³/mol. The number of amides is 1. The van der Waals surface area contributed by atoms with Crippen molar-refractivity contribution in [3.05, 3.63) is 0 Å². The normalized spacial score (nSPS) is 6.60. The van der Waals surface area contributed by atoms with Gasteiger partial charge in [-0.15, -0.1) is 0 Å². The zero-order valence-electron chi connectivity index (χ0n) is 2.30. The van der Waals surface area contributed by atoms with Crippen LogP contribution in [0.25, 0.3) is 0 Å². The number of carboxylic acid groups (broad SMARTS) is 1. The van der Waals surface area contributed by atoms with Crippen LogP contribution in [0.1, 0.15) is 0 Å². The zero-order chi connectivity index (χ0) is 4.28. The molecule has 0 atom stereocenters. The van der Waals surface area contributed by atoms with Crippen molar-refractivity contribution < 1.29 is 9.90 Å². The van der Waals surface area contributed by atoms with Crippen LogP contribution < -0.4 is 4.33 Å². The first-order valence-electron chi connectivity index (χ1n) is 0.901. The molecule has 0 heterocycles. The van der Waals surface area contributed by atoms with E-state index in [9.17, 15) is 4.79 Å². The van der Waals surface area contributed by atoms with Crippen molar-refractivity contribution in [2.75, 3.05) is 0 Å². The standard InChI is InChI=1S/CH3NO2Se/c3-1(4)2-5/h2,5H,(H,3,4). The molecule has 0 spiro atoms. The van der Waals surface area contributed by atoms with Gasteiger partial charge < -0.3 is 0 Å². The van der Waals surface area contributed by atoms with E-state index in [-0.39, 0.29) is 0 Å². The summed E-state index contributed by atoms with van der Waals surface area (Å²) in [6.45, 7) is 0. The second-order valence-corrected chi connectivity index (χ2v) is 0.886. The fraction of sp³-hybridized carbons (Fsp3) is 0. The van der Waals surface area contributed by atoms with E-state index in [4.69, 9.17) is 5.11 Å². The van der Waals surface area contributed by atoms with Crippen LogP contribution in [-0.4, -0.2) is 27.4 Å². The van der Waals surface area contributed by atoms with Crippen LogP contribution in [0.3, 0.4) is 0 Å². The van der Waals surface area contributed by atoms with Crippen LogP contribution in [0, 0.1) is 0 Å². The van der Waals surface area contributed by atoms with Crippen LogP contribution in [0.2, 0.25) is 0 Å². The molecule has 1 amide bonds. The van der Waals surface area contributed by atoms with E-state index in [2.05, 4.69) is 0 Å². The molecule has 3 nitrogen and oxygen atoms in total. The summed E-state index contributed by atoms with van der Waals surface area (Å²) < 4.78 is 1.88. The second-order valence-electron chi connectivity index (χ2n) is 0.417. The van der Waals surface area contributed by atoms with Crippen LogP contribution >= 0.6 is 0 Å². The van der Waals surface area contributed by atoms with Crippen molar-refractivity contribution in [2.45, 2.75) is 0 Å². The predicted octanol–water partition coefficient (Wildman–Crippen LogP) is -0.930. The summed E-state index contributed by atoms with van der Waals surface area (Å²) in [6, 6.07) is 0. The monoisotopic (exact) mass is 141 g/mol. The third-order valence-electron chi connectivity index (χ3n) is 0.0956. The molecule has 2 N–H and O–H groups in total. The third-order valence-corrected chi connectivity index (χ3v) is 0.497. The topological polar surface area (TPSA) is 49.3 Å². The molecule has 0 rings (SSSR count). The Bertz CT molecular complexity index is 44.9. The maximum atomic E-state index is 9.24. The Morgan fingerprint density at radius 3 is 2.20 bits per heavy atom. The quantitative estimate of drug-likeness (QED) is 0.427. The molecule has 0 aromatic rings. The molecule has 5 heavy (non-hydrogen) atoms. The molecule has 0 saturated carbocycles. The Morgan fingerprint density at radius 2 is 2.20 bits per heavy atom. The first-order valence-corrected chi connectivity index (χ1v) is 1.84. The molecular weight excluding hydrogens is 137 g/mol. The average Bonchev–Trinajstić information content (AvgIpc) is 1.38. The average molecular weight is 140 g/mol. The number of nitrogens with one attached hydrogen (secondary N) is 1. The van der Waals surface area contributed by atoms with Gasteiger partial charge in [0.2, 0.25) is 0 Å². The van der Waals surface area contributed by atoms with E-state index >= 15 is 0 Å². The number of hydrogen-bond donors (Lipinski definition) is 2. The van der Waals surface area contributed by atoms with E-state index in [0.29, 0.717) is 0 Å². The number of hydrogen-bond acceptors (Lipinski definition) is 1. The summed E-state index contributed by atoms with van der Waals surface area (Å²) in [4.78, 5) is 9.24. The van der Waals surface area contributed by atoms with E-state index in [1.807, 2.05) is 4.33 Å². The molecule has 0 aliphatic heterocycles. The van der Waals surface area contributed by atoms with E-state index in [1.54, 1.807) is 16.2 Å². The summed E-state index contributed by atoms with van der Waals surface area (Å²) in [5.74, 6) is 0. The molecule has 4 heteroatoms. The summed E-state index contributed by atoms with van der Waals surface area (Å²) in [6.07, 6.45) is -1.02. The van der Waals surface area contributed by atoms with Gasteiger partial charge in [-0.1, -0.05) is 0 Å². The minimum atomic E-state index is -1.02. The number of carbonyl (C=O) groups is 1. The van der Waals surface area contributed by atoms with Gasteiger partial charge in [-0.25, -0.2) is 0 Å². The van der Waals surface area contributed by atoms with Crippen molar-refractivity contribution in [3.8, 4) is 0 Å². The van der Waals surface area contributed by atoms with Crippen molar-refractivity contribution in [2.24, 2.45) is 0 Å². The van der Waals surface area contributed by atoms with Crippen molar-refractivity contribution in [1.29, 1.82) is 0 Å². The minimum absolute atomic E-state index is 1.02. The Morgan fingerprint density at radius 1 is 2.00 bits per heavy atom. The molecular formula is CH3NO2Se. The first-order chi connectivity index (χ1) is 2.27. The summed E-state index contributed by atoms with van der Waals surface area (Å²) in [7, 11) is 0. The fourth-order valence-corrected chi connectivity index (χ4v) is 0. The van der Waals surface area contributed by atoms with E-state index < -0.39 is 6.09 Å². The van der Waals surface area contributed by atoms with Gasteiger partial charge in [0.05, 0.1) is 0 Å². The molecule has 0 unspecified atom stereocenters. The van der Waals surface area contributed by atoms with Crippen molar-refractivity contribution in [1.82, 2.24) is 4.33 Å². The molecule has 30 valence electrons. The summed E-state index contributed by atoms with van der Waals surface area (Å²) >= 11 is 1.72. The van der Waals surface area contributed by atoms with Crippen molar-refractivity contribution >= 4 is 22.3 Å². The van der Waals surface area contributed by atoms with Gasteiger partial charge in [-0.2, -0.15) is 0 Å². The van der Waals surface area contributed by atoms with Gasteiger partial charge >= 0.3 is 36.6 Å². The van der Waals surface area contributed by atoms with E-state index in [1.165, 1.54) is 0 Å². The molecule has 0 saturated heterocycles. The second kappa shape index (κ2) is 2.05. The van der Waals surface area contributed by atoms with Crippen LogP contribution in [-0.2, 0) is 0 Å². The van der Waals surface area contributed by atoms with Crippen LogP contribution in [0.4, 0.5) is 4.79 Å².